The molecule has 2 aromatic rings. The Morgan fingerprint density at radius 2 is 2.13 bits per heavy atom. The lowest BCUT2D eigenvalue weighted by Gasteiger charge is -2.31. The van der Waals surface area contributed by atoms with Crippen molar-refractivity contribution in [2.45, 2.75) is 25.7 Å². The molecule has 0 amide bonds. The van der Waals surface area contributed by atoms with Gasteiger partial charge in [-0.25, -0.2) is 4.98 Å². The van der Waals surface area contributed by atoms with E-state index in [1.54, 1.807) is 12.2 Å². The average molecular weight is 312 g/mol. The van der Waals surface area contributed by atoms with Gasteiger partial charge >= 0.3 is 13.1 Å². The van der Waals surface area contributed by atoms with E-state index in [1.807, 2.05) is 12.3 Å². The lowest BCUT2D eigenvalue weighted by Crippen LogP contribution is -2.28. The van der Waals surface area contributed by atoms with Crippen LogP contribution in [0.3, 0.4) is 0 Å². The van der Waals surface area contributed by atoms with Gasteiger partial charge in [0.2, 0.25) is 0 Å². The third kappa shape index (κ3) is 2.41. The van der Waals surface area contributed by atoms with Crippen molar-refractivity contribution in [2.24, 2.45) is 11.8 Å². The van der Waals surface area contributed by atoms with Gasteiger partial charge in [-0.1, -0.05) is 0 Å². The van der Waals surface area contributed by atoms with Gasteiger partial charge in [-0.3, -0.25) is 4.79 Å². The number of fused-ring (bicyclic) bond motifs is 3. The summed E-state index contributed by atoms with van der Waals surface area (Å²) in [6.07, 6.45) is 6.43. The van der Waals surface area contributed by atoms with Crippen molar-refractivity contribution in [1.29, 1.82) is 0 Å². The molecule has 0 saturated heterocycles. The maximum atomic E-state index is 11.1. The van der Waals surface area contributed by atoms with Crippen molar-refractivity contribution in [3.63, 3.8) is 0 Å². The first-order chi connectivity index (χ1) is 11.1. The maximum Gasteiger partial charge on any atom is 0.552 e. The van der Waals surface area contributed by atoms with Crippen LogP contribution in [-0.2, 0) is 4.79 Å². The minimum atomic E-state index is -0.979. The molecule has 0 atom stereocenters. The monoisotopic (exact) mass is 312 g/mol. The zero-order chi connectivity index (χ0) is 16.0. The number of nitrogens with one attached hydrogen (secondary N) is 1. The quantitative estimate of drug-likeness (QED) is 0.739. The zero-order valence-electron chi connectivity index (χ0n) is 12.5. The van der Waals surface area contributed by atoms with Gasteiger partial charge in [0, 0.05) is 17.1 Å². The predicted molar refractivity (Wildman–Crippen MR) is 85.8 cm³/mol. The zero-order valence-corrected chi connectivity index (χ0v) is 12.5. The Kier molecular flexibility index (Phi) is 3.38. The van der Waals surface area contributed by atoms with Crippen LogP contribution in [0.5, 0.6) is 5.75 Å². The first-order valence-electron chi connectivity index (χ1n) is 7.89. The first-order valence-corrected chi connectivity index (χ1v) is 7.89. The molecule has 3 N–H and O–H groups in total. The van der Waals surface area contributed by atoms with Crippen LogP contribution in [0.2, 0.25) is 0 Å². The number of carboxylic acid groups (broad SMARTS) is 1. The Morgan fingerprint density at radius 1 is 1.35 bits per heavy atom. The van der Waals surface area contributed by atoms with Crippen LogP contribution in [0.1, 0.15) is 31.2 Å². The van der Waals surface area contributed by atoms with Crippen LogP contribution in [0.4, 0.5) is 0 Å². The Labute approximate surface area is 133 Å². The lowest BCUT2D eigenvalue weighted by atomic mass is 9.71. The topological polar surface area (TPSA) is 95.4 Å². The Balaban J connectivity index is 1.72. The van der Waals surface area contributed by atoms with E-state index in [1.165, 1.54) is 0 Å². The van der Waals surface area contributed by atoms with Gasteiger partial charge in [0.1, 0.15) is 11.4 Å². The van der Waals surface area contributed by atoms with E-state index in [9.17, 15) is 9.82 Å². The standard InChI is InChI=1S/C16H17BN2O4/c20-16(21)10-3-1-9(2-4-10)12-7-17(22)23-13-8-19-15-11(14(12)13)5-6-18-15/h5-10,22H,1-4H2,(H,18,19)(H,20,21)/t9-,10-. The van der Waals surface area contributed by atoms with Crippen molar-refractivity contribution < 1.29 is 19.6 Å². The van der Waals surface area contributed by atoms with Gasteiger partial charge < -0.3 is 19.8 Å². The highest BCUT2D eigenvalue weighted by atomic mass is 16.5. The van der Waals surface area contributed by atoms with Gasteiger partial charge in [0.05, 0.1) is 12.1 Å². The number of hydrogen-bond acceptors (Lipinski definition) is 4. The second-order valence-electron chi connectivity index (χ2n) is 6.25. The molecule has 1 fully saturated rings. The van der Waals surface area contributed by atoms with E-state index >= 15 is 0 Å². The van der Waals surface area contributed by atoms with Crippen molar-refractivity contribution in [3.8, 4) is 5.75 Å². The molecule has 118 valence electrons. The number of aromatic nitrogens is 2. The fourth-order valence-electron chi connectivity index (χ4n) is 3.77. The number of rotatable bonds is 2. The summed E-state index contributed by atoms with van der Waals surface area (Å²) in [6.45, 7) is 0. The van der Waals surface area contributed by atoms with Crippen molar-refractivity contribution in [3.05, 3.63) is 30.0 Å². The Hall–Kier alpha value is -2.28. The lowest BCUT2D eigenvalue weighted by molar-refractivity contribution is -0.142. The number of carboxylic acids is 1. The molecule has 0 aromatic carbocycles. The maximum absolute atomic E-state index is 11.1. The van der Waals surface area contributed by atoms with Gasteiger partial charge in [-0.15, -0.1) is 0 Å². The SMILES string of the molecule is O=C(O)[C@H]1CC[C@H](C2=CB(O)Oc3cnc4[nH]ccc4c32)CC1. The second kappa shape index (κ2) is 5.42. The fourth-order valence-corrected chi connectivity index (χ4v) is 3.77. The van der Waals surface area contributed by atoms with Gasteiger partial charge in [0.15, 0.2) is 0 Å². The van der Waals surface area contributed by atoms with Crippen LogP contribution >= 0.6 is 0 Å². The van der Waals surface area contributed by atoms with Crippen LogP contribution in [-0.4, -0.2) is 33.2 Å². The number of aromatic amines is 1. The molecule has 2 aromatic heterocycles. The summed E-state index contributed by atoms with van der Waals surface area (Å²) in [4.78, 5) is 18.5. The van der Waals surface area contributed by atoms with Gasteiger partial charge in [0.25, 0.3) is 0 Å². The molecule has 3 heterocycles. The molecule has 7 heteroatoms. The molecule has 0 spiro atoms. The third-order valence-corrected chi connectivity index (χ3v) is 4.93. The van der Waals surface area contributed by atoms with Crippen molar-refractivity contribution in [2.75, 3.05) is 0 Å². The molecule has 0 bridgehead atoms. The summed E-state index contributed by atoms with van der Waals surface area (Å²) in [5.74, 6) is 1.62. The molecule has 1 aliphatic carbocycles. The summed E-state index contributed by atoms with van der Waals surface area (Å²) < 4.78 is 5.50. The molecule has 4 rings (SSSR count). The molecule has 1 saturated carbocycles. The number of carbonyl (C=O) groups is 1. The van der Waals surface area contributed by atoms with Crippen LogP contribution in [0.25, 0.3) is 16.6 Å². The minimum absolute atomic E-state index is 0.239. The van der Waals surface area contributed by atoms with Crippen molar-refractivity contribution >= 4 is 29.7 Å². The number of nitrogens with zero attached hydrogens (tertiary/aromatic N) is 1. The highest BCUT2D eigenvalue weighted by Gasteiger charge is 2.34. The second-order valence-corrected chi connectivity index (χ2v) is 6.25. The minimum Gasteiger partial charge on any atom is -0.531 e. The number of aliphatic carboxylic acids is 1. The van der Waals surface area contributed by atoms with E-state index < -0.39 is 13.1 Å². The highest BCUT2D eigenvalue weighted by Crippen LogP contribution is 2.44. The van der Waals surface area contributed by atoms with E-state index in [2.05, 4.69) is 9.97 Å². The van der Waals surface area contributed by atoms with Crippen LogP contribution in [0.15, 0.2) is 24.4 Å². The largest absolute Gasteiger partial charge is 0.552 e. The average Bonchev–Trinajstić information content (AvgIpc) is 3.02. The Bertz CT molecular complexity index is 792. The number of H-pyrrole nitrogens is 1. The molecule has 1 aliphatic heterocycles. The first kappa shape index (κ1) is 14.3. The molecule has 2 aliphatic rings. The van der Waals surface area contributed by atoms with Crippen LogP contribution < -0.4 is 4.65 Å². The van der Waals surface area contributed by atoms with E-state index in [0.29, 0.717) is 18.6 Å². The third-order valence-electron chi connectivity index (χ3n) is 4.93. The summed E-state index contributed by atoms with van der Waals surface area (Å²) in [5.41, 5.74) is 2.81. The predicted octanol–water partition coefficient (Wildman–Crippen LogP) is 2.25. The smallest absolute Gasteiger partial charge is 0.531 e. The normalized spacial score (nSPS) is 24.0. The molecular weight excluding hydrogens is 295 g/mol. The van der Waals surface area contributed by atoms with Crippen molar-refractivity contribution in [1.82, 2.24) is 9.97 Å². The summed E-state index contributed by atoms with van der Waals surface area (Å²) in [5, 5.41) is 20.1. The number of hydrogen-bond donors (Lipinski definition) is 3. The number of pyridine rings is 1. The number of allylic oxidation sites excluding steroid dienone is 1. The summed E-state index contributed by atoms with van der Waals surface area (Å²) >= 11 is 0. The van der Waals surface area contributed by atoms with E-state index in [-0.39, 0.29) is 11.8 Å². The summed E-state index contributed by atoms with van der Waals surface area (Å²) in [7, 11) is -0.979. The molecular formula is C16H17BN2O4. The molecule has 0 radical (unpaired) electrons. The van der Waals surface area contributed by atoms with E-state index in [4.69, 9.17) is 9.76 Å². The van der Waals surface area contributed by atoms with Gasteiger partial charge in [-0.2, -0.15) is 0 Å². The fraction of sp³-hybridized carbons (Fsp3) is 0.375. The molecule has 0 unspecified atom stereocenters. The highest BCUT2D eigenvalue weighted by molar-refractivity contribution is 6.52. The van der Waals surface area contributed by atoms with Gasteiger partial charge in [-0.05, 0) is 49.2 Å². The Morgan fingerprint density at radius 3 is 2.87 bits per heavy atom. The molecule has 6 nitrogen and oxygen atoms in total. The molecule has 23 heavy (non-hydrogen) atoms. The van der Waals surface area contributed by atoms with Crippen LogP contribution in [0, 0.1) is 11.8 Å². The summed E-state index contributed by atoms with van der Waals surface area (Å²) in [6, 6.07) is 1.96. The van der Waals surface area contributed by atoms with E-state index in [0.717, 1.165) is 35.0 Å².